The van der Waals surface area contributed by atoms with Gasteiger partial charge < -0.3 is 14.8 Å². The van der Waals surface area contributed by atoms with E-state index in [1.807, 2.05) is 0 Å². The van der Waals surface area contributed by atoms with Crippen molar-refractivity contribution in [3.63, 3.8) is 0 Å². The fourth-order valence-corrected chi connectivity index (χ4v) is 3.58. The number of carbonyl (C=O) groups excluding carboxylic acids is 1. The summed E-state index contributed by atoms with van der Waals surface area (Å²) >= 11 is 12.7. The highest BCUT2D eigenvalue weighted by Crippen LogP contribution is 2.32. The maximum atomic E-state index is 12.5. The molecule has 0 atom stereocenters. The molecule has 4 rings (SSSR count). The minimum Gasteiger partial charge on any atom is -0.507 e. The molecule has 0 spiro atoms. The van der Waals surface area contributed by atoms with Crippen molar-refractivity contribution >= 4 is 66.2 Å². The van der Waals surface area contributed by atoms with Crippen LogP contribution in [0.4, 0.5) is 5.69 Å². The molecule has 0 saturated carbocycles. The number of hydrogen-bond acceptors (Lipinski definition) is 4. The van der Waals surface area contributed by atoms with Crippen molar-refractivity contribution in [2.75, 3.05) is 5.32 Å². The van der Waals surface area contributed by atoms with Gasteiger partial charge in [-0.05, 0) is 70.5 Å². The summed E-state index contributed by atoms with van der Waals surface area (Å²) in [4.78, 5) is 17.0. The second-order valence-corrected chi connectivity index (χ2v) is 8.12. The first-order valence-corrected chi connectivity index (χ1v) is 10.0. The van der Waals surface area contributed by atoms with Crippen molar-refractivity contribution in [3.05, 3.63) is 74.1 Å². The lowest BCUT2D eigenvalue weighted by Crippen LogP contribution is -2.12. The van der Waals surface area contributed by atoms with Crippen molar-refractivity contribution in [1.82, 2.24) is 4.98 Å². The molecular weight excluding hydrogens is 511 g/mol. The first-order valence-electron chi connectivity index (χ1n) is 8.06. The summed E-state index contributed by atoms with van der Waals surface area (Å²) in [6.45, 7) is 0. The molecular formula is C20H11Br2ClN2O3. The topological polar surface area (TPSA) is 75.4 Å². The Bertz CT molecular complexity index is 1220. The number of fused-ring (bicyclic) bond motifs is 1. The average Bonchev–Trinajstić information content (AvgIpc) is 3.09. The summed E-state index contributed by atoms with van der Waals surface area (Å²) in [6.07, 6.45) is 0. The van der Waals surface area contributed by atoms with Crippen LogP contribution in [0.5, 0.6) is 5.75 Å². The fourth-order valence-electron chi connectivity index (χ4n) is 2.64. The number of benzene rings is 3. The Morgan fingerprint density at radius 1 is 1.07 bits per heavy atom. The molecule has 5 nitrogen and oxygen atoms in total. The summed E-state index contributed by atoms with van der Waals surface area (Å²) in [5, 5.41) is 12.8. The van der Waals surface area contributed by atoms with Crippen molar-refractivity contribution in [2.45, 2.75) is 0 Å². The van der Waals surface area contributed by atoms with Gasteiger partial charge in [0.05, 0.1) is 15.1 Å². The zero-order chi connectivity index (χ0) is 19.8. The number of aromatic nitrogens is 1. The predicted octanol–water partition coefficient (Wildman–Crippen LogP) is 6.63. The van der Waals surface area contributed by atoms with Gasteiger partial charge in [-0.15, -0.1) is 0 Å². The highest BCUT2D eigenvalue weighted by molar-refractivity contribution is 9.10. The molecule has 4 aromatic rings. The van der Waals surface area contributed by atoms with E-state index in [0.717, 1.165) is 4.47 Å². The Labute approximate surface area is 181 Å². The number of phenols is 1. The standard InChI is InChI=1S/C20H11Br2ClN2O3/c21-11-2-4-15(23)13(8-11)19(27)24-12-3-6-18-16(9-12)25-20(28-18)10-1-5-17(26)14(22)7-10/h1-9,26H,(H,24,27). The smallest absolute Gasteiger partial charge is 0.257 e. The van der Waals surface area contributed by atoms with E-state index in [1.54, 1.807) is 54.6 Å². The molecule has 8 heteroatoms. The minimum absolute atomic E-state index is 0.135. The Hall–Kier alpha value is -2.35. The fraction of sp³-hybridized carbons (Fsp3) is 0. The number of halogens is 3. The quantitative estimate of drug-likeness (QED) is 0.317. The van der Waals surface area contributed by atoms with Crippen LogP contribution in [0.2, 0.25) is 5.02 Å². The van der Waals surface area contributed by atoms with Crippen LogP contribution < -0.4 is 5.32 Å². The Morgan fingerprint density at radius 3 is 2.68 bits per heavy atom. The zero-order valence-electron chi connectivity index (χ0n) is 14.0. The van der Waals surface area contributed by atoms with Crippen LogP contribution in [0.3, 0.4) is 0 Å². The number of amides is 1. The number of anilines is 1. The van der Waals surface area contributed by atoms with E-state index in [1.165, 1.54) is 0 Å². The van der Waals surface area contributed by atoms with Gasteiger partial charge in [-0.3, -0.25) is 4.79 Å². The Kier molecular flexibility index (Phi) is 5.14. The molecule has 1 aromatic heterocycles. The van der Waals surface area contributed by atoms with E-state index in [2.05, 4.69) is 42.2 Å². The van der Waals surface area contributed by atoms with Crippen molar-refractivity contribution in [1.29, 1.82) is 0 Å². The van der Waals surface area contributed by atoms with Crippen LogP contribution in [0.1, 0.15) is 10.4 Å². The molecule has 0 aliphatic heterocycles. The van der Waals surface area contributed by atoms with Crippen LogP contribution in [0.25, 0.3) is 22.6 Å². The van der Waals surface area contributed by atoms with Gasteiger partial charge >= 0.3 is 0 Å². The number of oxazole rings is 1. The Balaban J connectivity index is 1.63. The first-order chi connectivity index (χ1) is 13.4. The summed E-state index contributed by atoms with van der Waals surface area (Å²) in [5.41, 5.74) is 2.83. The van der Waals surface area contributed by atoms with Crippen LogP contribution in [-0.2, 0) is 0 Å². The largest absolute Gasteiger partial charge is 0.507 e. The lowest BCUT2D eigenvalue weighted by molar-refractivity contribution is 0.102. The predicted molar refractivity (Wildman–Crippen MR) is 116 cm³/mol. The van der Waals surface area contributed by atoms with Crippen LogP contribution in [0.15, 0.2) is 68.0 Å². The van der Waals surface area contributed by atoms with Crippen LogP contribution >= 0.6 is 43.5 Å². The molecule has 0 radical (unpaired) electrons. The highest BCUT2D eigenvalue weighted by atomic mass is 79.9. The molecule has 140 valence electrons. The zero-order valence-corrected chi connectivity index (χ0v) is 18.0. The normalized spacial score (nSPS) is 11.0. The summed E-state index contributed by atoms with van der Waals surface area (Å²) < 4.78 is 7.08. The second-order valence-electron chi connectivity index (χ2n) is 5.95. The molecule has 0 fully saturated rings. The number of nitrogens with one attached hydrogen (secondary N) is 1. The minimum atomic E-state index is -0.322. The third-order valence-electron chi connectivity index (χ3n) is 4.01. The molecule has 0 bridgehead atoms. The molecule has 1 amide bonds. The molecule has 3 aromatic carbocycles. The molecule has 28 heavy (non-hydrogen) atoms. The monoisotopic (exact) mass is 520 g/mol. The highest BCUT2D eigenvalue weighted by Gasteiger charge is 2.14. The van der Waals surface area contributed by atoms with Gasteiger partial charge in [0.2, 0.25) is 5.89 Å². The van der Waals surface area contributed by atoms with Crippen LogP contribution in [0, 0.1) is 0 Å². The van der Waals surface area contributed by atoms with E-state index in [0.29, 0.717) is 43.3 Å². The SMILES string of the molecule is O=C(Nc1ccc2oc(-c3ccc(O)c(Br)c3)nc2c1)c1cc(Br)ccc1Cl. The third-order valence-corrected chi connectivity index (χ3v) is 5.47. The van der Waals surface area contributed by atoms with E-state index in [4.69, 9.17) is 16.0 Å². The van der Waals surface area contributed by atoms with E-state index < -0.39 is 0 Å². The number of rotatable bonds is 3. The number of nitrogens with zero attached hydrogens (tertiary/aromatic N) is 1. The van der Waals surface area contributed by atoms with Gasteiger partial charge in [0.25, 0.3) is 5.91 Å². The summed E-state index contributed by atoms with van der Waals surface area (Å²) in [5.74, 6) is 0.224. The lowest BCUT2D eigenvalue weighted by Gasteiger charge is -2.07. The third kappa shape index (κ3) is 3.78. The maximum Gasteiger partial charge on any atom is 0.257 e. The van der Waals surface area contributed by atoms with Crippen molar-refractivity contribution in [3.8, 4) is 17.2 Å². The molecule has 0 saturated heterocycles. The lowest BCUT2D eigenvalue weighted by atomic mass is 10.2. The second kappa shape index (κ2) is 7.58. The van der Waals surface area contributed by atoms with Gasteiger partial charge in [0.1, 0.15) is 11.3 Å². The van der Waals surface area contributed by atoms with E-state index in [-0.39, 0.29) is 11.7 Å². The van der Waals surface area contributed by atoms with Crippen LogP contribution in [-0.4, -0.2) is 16.0 Å². The first kappa shape index (κ1) is 19.0. The molecule has 1 heterocycles. The van der Waals surface area contributed by atoms with Gasteiger partial charge in [-0.2, -0.15) is 0 Å². The van der Waals surface area contributed by atoms with Gasteiger partial charge in [0.15, 0.2) is 5.58 Å². The number of aromatic hydroxyl groups is 1. The Morgan fingerprint density at radius 2 is 1.89 bits per heavy atom. The van der Waals surface area contributed by atoms with Gasteiger partial charge in [0, 0.05) is 15.7 Å². The number of carbonyl (C=O) groups is 1. The average molecular weight is 523 g/mol. The van der Waals surface area contributed by atoms with E-state index in [9.17, 15) is 9.90 Å². The van der Waals surface area contributed by atoms with Gasteiger partial charge in [-0.1, -0.05) is 27.5 Å². The maximum absolute atomic E-state index is 12.5. The molecule has 0 aliphatic rings. The van der Waals surface area contributed by atoms with Gasteiger partial charge in [-0.25, -0.2) is 4.98 Å². The summed E-state index contributed by atoms with van der Waals surface area (Å²) in [6, 6.07) is 15.3. The molecule has 0 aliphatic carbocycles. The molecule has 0 unspecified atom stereocenters. The number of phenolic OH excluding ortho intramolecular Hbond substituents is 1. The number of hydrogen-bond donors (Lipinski definition) is 2. The van der Waals surface area contributed by atoms with Crippen molar-refractivity contribution < 1.29 is 14.3 Å². The van der Waals surface area contributed by atoms with Crippen molar-refractivity contribution in [2.24, 2.45) is 0 Å². The van der Waals surface area contributed by atoms with E-state index >= 15 is 0 Å². The molecule has 2 N–H and O–H groups in total. The summed E-state index contributed by atoms with van der Waals surface area (Å²) in [7, 11) is 0.